The zero-order valence-electron chi connectivity index (χ0n) is 36.6. The van der Waals surface area contributed by atoms with Crippen LogP contribution < -0.4 is 21.2 Å². The highest BCUT2D eigenvalue weighted by molar-refractivity contribution is 7.77. The molecular weight excluding hydrogens is 795 g/mol. The molecule has 1 aliphatic rings. The van der Waals surface area contributed by atoms with Gasteiger partial charge in [0.05, 0.1) is 11.1 Å². The summed E-state index contributed by atoms with van der Waals surface area (Å²) >= 11 is 0. The maximum atomic E-state index is 14.5. The Labute approximate surface area is 364 Å². The normalized spacial score (nSPS) is 18.9. The van der Waals surface area contributed by atoms with E-state index in [4.69, 9.17) is 18.9 Å². The van der Waals surface area contributed by atoms with Crippen LogP contribution >= 0.6 is 15.8 Å². The predicted octanol–water partition coefficient (Wildman–Crippen LogP) is 9.91. The summed E-state index contributed by atoms with van der Waals surface area (Å²) in [6, 6.07) is 45.4. The van der Waals surface area contributed by atoms with Crippen molar-refractivity contribution >= 4 is 49.0 Å². The second kappa shape index (κ2) is 19.4. The Morgan fingerprint density at radius 2 is 0.836 bits per heavy atom. The zero-order chi connectivity index (χ0) is 43.4. The van der Waals surface area contributed by atoms with Crippen molar-refractivity contribution in [1.29, 1.82) is 0 Å². The molecule has 0 N–H and O–H groups in total. The third-order valence-corrected chi connectivity index (χ3v) is 17.0. The number of benzene rings is 6. The van der Waals surface area contributed by atoms with Crippen LogP contribution in [0.1, 0.15) is 65.2 Å². The van der Waals surface area contributed by atoms with E-state index in [9.17, 15) is 9.59 Å². The van der Waals surface area contributed by atoms with Crippen molar-refractivity contribution in [3.8, 4) is 0 Å². The number of carbonyl (C=O) groups is 2. The molecule has 0 saturated carbocycles. The Kier molecular flexibility index (Phi) is 14.0. The number of hydrogen-bond acceptors (Lipinski definition) is 6. The SMILES string of the molecule is CO[C@H]1O[C@H](COC(=O)c2ccccc2)[C@@H](P(c2cc(C)cc(C)c2)c2cc(C)cc(C)c2)[C@H](P(c2cc(C)cc(C)c2)c2cc(C)cc(C)c2)[C@H]1OC(=O)c1ccccc1. The number of esters is 2. The molecule has 0 aromatic heterocycles. The van der Waals surface area contributed by atoms with Gasteiger partial charge in [-0.1, -0.05) is 154 Å². The van der Waals surface area contributed by atoms with E-state index in [1.165, 1.54) is 21.2 Å². The molecule has 0 amide bonds. The van der Waals surface area contributed by atoms with Crippen LogP contribution in [0.2, 0.25) is 0 Å². The summed E-state index contributed by atoms with van der Waals surface area (Å²) in [4.78, 5) is 28.3. The lowest BCUT2D eigenvalue weighted by Crippen LogP contribution is -2.61. The maximum absolute atomic E-state index is 14.5. The molecule has 8 heteroatoms. The Morgan fingerprint density at radius 3 is 1.20 bits per heavy atom. The second-order valence-electron chi connectivity index (χ2n) is 16.6. The van der Waals surface area contributed by atoms with Gasteiger partial charge in [0.15, 0.2) is 12.4 Å². The smallest absolute Gasteiger partial charge is 0.338 e. The molecule has 1 heterocycles. The predicted molar refractivity (Wildman–Crippen MR) is 252 cm³/mol. The average molecular weight is 851 g/mol. The lowest BCUT2D eigenvalue weighted by molar-refractivity contribution is -0.230. The zero-order valence-corrected chi connectivity index (χ0v) is 38.4. The molecule has 6 nitrogen and oxygen atoms in total. The van der Waals surface area contributed by atoms with Crippen molar-refractivity contribution in [1.82, 2.24) is 0 Å². The van der Waals surface area contributed by atoms with E-state index in [0.717, 1.165) is 44.5 Å². The largest absolute Gasteiger partial charge is 0.459 e. The van der Waals surface area contributed by atoms with Gasteiger partial charge in [0.1, 0.15) is 12.7 Å². The molecule has 6 aromatic rings. The van der Waals surface area contributed by atoms with Gasteiger partial charge in [-0.15, -0.1) is 0 Å². The molecule has 0 radical (unpaired) electrons. The number of ether oxygens (including phenoxy) is 4. The van der Waals surface area contributed by atoms with Gasteiger partial charge in [0.2, 0.25) is 0 Å². The summed E-state index contributed by atoms with van der Waals surface area (Å²) < 4.78 is 26.6. The van der Waals surface area contributed by atoms with Crippen molar-refractivity contribution in [2.75, 3.05) is 13.7 Å². The standard InChI is InChI=1S/C53H56O6P2/c1-33-20-34(2)25-43(24-33)60(44-26-35(3)21-36(4)27-44)49-47(32-57-51(54)41-16-12-10-13-17-41)58-53(56-9)48(59-52(55)42-18-14-11-15-19-42)50(49)61(45-28-37(5)22-38(6)29-45)46-30-39(7)23-40(8)31-46/h10-31,47-50,53H,32H2,1-9H3/t47-,48-,49-,50-,53+/m1/s1. The average Bonchev–Trinajstić information content (AvgIpc) is 3.20. The Hall–Kier alpha value is -4.96. The molecule has 0 spiro atoms. The van der Waals surface area contributed by atoms with Crippen molar-refractivity contribution in [2.45, 2.75) is 85.2 Å². The Balaban J connectivity index is 1.56. The summed E-state index contributed by atoms with van der Waals surface area (Å²) in [5.41, 5.74) is 9.37. The molecule has 5 atom stereocenters. The highest BCUT2D eigenvalue weighted by atomic mass is 31.1. The molecule has 0 bridgehead atoms. The highest BCUT2D eigenvalue weighted by Gasteiger charge is 2.55. The first-order valence-electron chi connectivity index (χ1n) is 20.9. The minimum Gasteiger partial charge on any atom is -0.459 e. The summed E-state index contributed by atoms with van der Waals surface area (Å²) in [7, 11) is -1.06. The number of aryl methyl sites for hydroxylation is 8. The monoisotopic (exact) mass is 850 g/mol. The summed E-state index contributed by atoms with van der Waals surface area (Å²) in [5, 5.41) is 4.69. The Morgan fingerprint density at radius 1 is 0.492 bits per heavy atom. The van der Waals surface area contributed by atoms with Gasteiger partial charge in [-0.2, -0.15) is 0 Å². The van der Waals surface area contributed by atoms with Gasteiger partial charge in [-0.05, 0) is 117 Å². The molecule has 61 heavy (non-hydrogen) atoms. The van der Waals surface area contributed by atoms with Crippen molar-refractivity contribution < 1.29 is 28.5 Å². The van der Waals surface area contributed by atoms with Crippen molar-refractivity contribution in [2.24, 2.45) is 0 Å². The quantitative estimate of drug-likeness (QED) is 0.0903. The summed E-state index contributed by atoms with van der Waals surface area (Å²) in [6.07, 6.45) is -2.51. The first kappa shape index (κ1) is 44.1. The number of hydrogen-bond donors (Lipinski definition) is 0. The molecule has 0 aliphatic carbocycles. The molecule has 314 valence electrons. The van der Waals surface area contributed by atoms with Gasteiger partial charge in [-0.3, -0.25) is 0 Å². The first-order valence-corrected chi connectivity index (χ1v) is 23.7. The van der Waals surface area contributed by atoms with Gasteiger partial charge >= 0.3 is 11.9 Å². The van der Waals surface area contributed by atoms with E-state index in [2.05, 4.69) is 128 Å². The number of rotatable bonds is 12. The van der Waals surface area contributed by atoms with Crippen LogP contribution in [0.15, 0.2) is 133 Å². The van der Waals surface area contributed by atoms with Gasteiger partial charge in [0, 0.05) is 18.4 Å². The van der Waals surface area contributed by atoms with Crippen LogP contribution in [0.3, 0.4) is 0 Å². The highest BCUT2D eigenvalue weighted by Crippen LogP contribution is 2.58. The summed E-state index contributed by atoms with van der Waals surface area (Å²) in [6.45, 7) is 17.1. The fourth-order valence-electron chi connectivity index (χ4n) is 8.90. The van der Waals surface area contributed by atoms with E-state index >= 15 is 0 Å². The van der Waals surface area contributed by atoms with E-state index in [1.54, 1.807) is 31.4 Å². The number of carbonyl (C=O) groups excluding carboxylic acids is 2. The molecular formula is C53H56O6P2. The van der Waals surface area contributed by atoms with Crippen LogP contribution in [0.4, 0.5) is 0 Å². The van der Waals surface area contributed by atoms with E-state index < -0.39 is 51.9 Å². The van der Waals surface area contributed by atoms with Crippen LogP contribution in [0.25, 0.3) is 0 Å². The lowest BCUT2D eigenvalue weighted by Gasteiger charge is -2.51. The molecule has 1 fully saturated rings. The Bertz CT molecular complexity index is 2320. The van der Waals surface area contributed by atoms with Crippen molar-refractivity contribution in [3.63, 3.8) is 0 Å². The minimum atomic E-state index is -1.35. The van der Waals surface area contributed by atoms with Crippen LogP contribution in [-0.4, -0.2) is 55.5 Å². The van der Waals surface area contributed by atoms with E-state index in [1.807, 2.05) is 36.4 Å². The molecule has 1 aliphatic heterocycles. The van der Waals surface area contributed by atoms with Gasteiger partial charge < -0.3 is 18.9 Å². The molecule has 0 unspecified atom stereocenters. The first-order chi connectivity index (χ1) is 29.3. The fraction of sp³-hybridized carbons (Fsp3) is 0.283. The minimum absolute atomic E-state index is 0.0363. The fourth-order valence-corrected chi connectivity index (χ4v) is 16.4. The third kappa shape index (κ3) is 10.4. The second-order valence-corrected chi connectivity index (χ2v) is 21.3. The van der Waals surface area contributed by atoms with Gasteiger partial charge in [-0.25, -0.2) is 9.59 Å². The molecule has 1 saturated heterocycles. The lowest BCUT2D eigenvalue weighted by atomic mass is 10.0. The van der Waals surface area contributed by atoms with E-state index in [0.29, 0.717) is 11.1 Å². The number of methoxy groups -OCH3 is 1. The molecule has 7 rings (SSSR count). The van der Waals surface area contributed by atoms with Crippen LogP contribution in [0, 0.1) is 55.4 Å². The van der Waals surface area contributed by atoms with Crippen LogP contribution in [-0.2, 0) is 18.9 Å². The van der Waals surface area contributed by atoms with Gasteiger partial charge in [0.25, 0.3) is 0 Å². The molecule has 6 aromatic carbocycles. The topological polar surface area (TPSA) is 71.1 Å². The van der Waals surface area contributed by atoms with E-state index in [-0.39, 0.29) is 12.3 Å². The maximum Gasteiger partial charge on any atom is 0.338 e. The summed E-state index contributed by atoms with van der Waals surface area (Å²) in [5.74, 6) is -0.883. The van der Waals surface area contributed by atoms with Crippen molar-refractivity contribution in [3.05, 3.63) is 189 Å². The van der Waals surface area contributed by atoms with Crippen LogP contribution in [0.5, 0.6) is 0 Å². The third-order valence-electron chi connectivity index (χ3n) is 11.1.